The lowest BCUT2D eigenvalue weighted by atomic mass is 9.98. The number of rotatable bonds is 8. The number of piperidine rings is 2. The molecule has 176 valence electrons. The fourth-order valence-corrected chi connectivity index (χ4v) is 5.56. The molecule has 3 heterocycles. The first kappa shape index (κ1) is 23.1. The Morgan fingerprint density at radius 1 is 0.906 bits per heavy atom. The Bertz CT molecular complexity index is 761. The Kier molecular flexibility index (Phi) is 7.68. The van der Waals surface area contributed by atoms with Crippen molar-refractivity contribution in [2.45, 2.75) is 75.7 Å². The molecule has 3 saturated heterocycles. The molecule has 7 heteroatoms. The molecule has 3 aliphatic rings. The molecule has 32 heavy (non-hydrogen) atoms. The summed E-state index contributed by atoms with van der Waals surface area (Å²) >= 11 is 0. The van der Waals surface area contributed by atoms with Crippen LogP contribution in [-0.2, 0) is 25.5 Å². The van der Waals surface area contributed by atoms with Crippen LogP contribution < -0.4 is 4.74 Å². The second-order valence-electron chi connectivity index (χ2n) is 9.28. The van der Waals surface area contributed by atoms with E-state index < -0.39 is 0 Å². The largest absolute Gasteiger partial charge is 0.497 e. The van der Waals surface area contributed by atoms with Gasteiger partial charge in [-0.15, -0.1) is 0 Å². The summed E-state index contributed by atoms with van der Waals surface area (Å²) in [6, 6.07) is 8.50. The summed E-state index contributed by atoms with van der Waals surface area (Å²) in [7, 11) is 3.23. The first-order valence-corrected chi connectivity index (χ1v) is 11.9. The fourth-order valence-electron chi connectivity index (χ4n) is 5.56. The predicted octanol–water partition coefficient (Wildman–Crippen LogP) is 2.80. The number of amides is 2. The summed E-state index contributed by atoms with van der Waals surface area (Å²) in [6.45, 7) is 1.71. The third kappa shape index (κ3) is 5.44. The second-order valence-corrected chi connectivity index (χ2v) is 9.28. The van der Waals surface area contributed by atoms with E-state index in [2.05, 4.69) is 0 Å². The van der Waals surface area contributed by atoms with Crippen LogP contribution in [0.1, 0.15) is 50.5 Å². The monoisotopic (exact) mass is 444 g/mol. The van der Waals surface area contributed by atoms with Gasteiger partial charge in [-0.25, -0.2) is 0 Å². The van der Waals surface area contributed by atoms with E-state index in [1.54, 1.807) is 14.2 Å². The Balaban J connectivity index is 1.18. The number of fused-ring (bicyclic) bond motifs is 2. The smallest absolute Gasteiger partial charge is 0.249 e. The van der Waals surface area contributed by atoms with Gasteiger partial charge in [-0.2, -0.15) is 0 Å². The highest BCUT2D eigenvalue weighted by atomic mass is 16.5. The van der Waals surface area contributed by atoms with Gasteiger partial charge in [0.1, 0.15) is 12.4 Å². The van der Waals surface area contributed by atoms with Crippen LogP contribution in [0.4, 0.5) is 0 Å². The summed E-state index contributed by atoms with van der Waals surface area (Å²) < 4.78 is 16.7. The van der Waals surface area contributed by atoms with E-state index in [0.29, 0.717) is 18.5 Å². The molecule has 0 spiro atoms. The van der Waals surface area contributed by atoms with Crippen molar-refractivity contribution in [3.63, 3.8) is 0 Å². The summed E-state index contributed by atoms with van der Waals surface area (Å²) in [4.78, 5) is 29.0. The average Bonchev–Trinajstić information content (AvgIpc) is 3.09. The van der Waals surface area contributed by atoms with Gasteiger partial charge in [0.2, 0.25) is 11.8 Å². The minimum absolute atomic E-state index is 0.111. The molecule has 0 saturated carbocycles. The molecule has 3 fully saturated rings. The van der Waals surface area contributed by atoms with Crippen molar-refractivity contribution in [3.8, 4) is 5.75 Å². The van der Waals surface area contributed by atoms with Crippen molar-refractivity contribution in [2.24, 2.45) is 0 Å². The molecule has 3 aliphatic heterocycles. The maximum absolute atomic E-state index is 12.7. The van der Waals surface area contributed by atoms with Gasteiger partial charge < -0.3 is 24.0 Å². The SMILES string of the molecule is COCC(=O)N1[C@@H]2CC[C@H]1CC(OC1CCN(C(=O)CCc3ccc(OC)cc3)CC1)C2. The van der Waals surface area contributed by atoms with Gasteiger partial charge in [0.05, 0.1) is 19.3 Å². The molecular formula is C25H36N2O5. The second kappa shape index (κ2) is 10.7. The van der Waals surface area contributed by atoms with Crippen LogP contribution in [0, 0.1) is 0 Å². The van der Waals surface area contributed by atoms with Gasteiger partial charge in [-0.3, -0.25) is 9.59 Å². The number of ether oxygens (including phenoxy) is 3. The molecule has 2 bridgehead atoms. The molecule has 2 amide bonds. The van der Waals surface area contributed by atoms with E-state index in [1.165, 1.54) is 0 Å². The number of nitrogens with zero attached hydrogens (tertiary/aromatic N) is 2. The molecule has 3 atom stereocenters. The maximum atomic E-state index is 12.7. The standard InChI is InChI=1S/C25H36N2O5/c1-30-17-25(29)27-19-6-7-20(27)16-23(15-19)32-22-11-13-26(14-12-22)24(28)10-5-18-3-8-21(31-2)9-4-18/h3-4,8-9,19-20,22-23H,5-7,10-17H2,1-2H3/t19-,20+,23?. The highest BCUT2D eigenvalue weighted by molar-refractivity contribution is 5.78. The van der Waals surface area contributed by atoms with Gasteiger partial charge in [-0.05, 0) is 62.6 Å². The third-order valence-electron chi connectivity index (χ3n) is 7.21. The Morgan fingerprint density at radius 2 is 1.56 bits per heavy atom. The Labute approximate surface area is 191 Å². The quantitative estimate of drug-likeness (QED) is 0.617. The lowest BCUT2D eigenvalue weighted by Gasteiger charge is -2.41. The third-order valence-corrected chi connectivity index (χ3v) is 7.21. The van der Waals surface area contributed by atoms with Crippen LogP contribution in [-0.4, -0.2) is 79.8 Å². The van der Waals surface area contributed by atoms with Crippen LogP contribution >= 0.6 is 0 Å². The summed E-state index contributed by atoms with van der Waals surface area (Å²) in [5, 5.41) is 0. The van der Waals surface area contributed by atoms with Crippen molar-refractivity contribution < 1.29 is 23.8 Å². The fraction of sp³-hybridized carbons (Fsp3) is 0.680. The molecule has 0 aromatic heterocycles. The highest BCUT2D eigenvalue weighted by Gasteiger charge is 2.44. The topological polar surface area (TPSA) is 68.3 Å². The van der Waals surface area contributed by atoms with Crippen LogP contribution in [0.3, 0.4) is 0 Å². The average molecular weight is 445 g/mol. The van der Waals surface area contributed by atoms with Gasteiger partial charge in [0.25, 0.3) is 0 Å². The van der Waals surface area contributed by atoms with Crippen LogP contribution in [0.15, 0.2) is 24.3 Å². The molecule has 0 N–H and O–H groups in total. The maximum Gasteiger partial charge on any atom is 0.249 e. The normalized spacial score (nSPS) is 25.8. The zero-order valence-corrected chi connectivity index (χ0v) is 19.3. The number of methoxy groups -OCH3 is 2. The van der Waals surface area contributed by atoms with E-state index in [9.17, 15) is 9.59 Å². The van der Waals surface area contributed by atoms with Gasteiger partial charge in [-0.1, -0.05) is 12.1 Å². The minimum Gasteiger partial charge on any atom is -0.497 e. The molecular weight excluding hydrogens is 408 g/mol. The zero-order chi connectivity index (χ0) is 22.5. The molecule has 1 aromatic carbocycles. The minimum atomic E-state index is 0.111. The summed E-state index contributed by atoms with van der Waals surface area (Å²) in [6.07, 6.45) is 7.51. The van der Waals surface area contributed by atoms with Crippen molar-refractivity contribution in [1.29, 1.82) is 0 Å². The summed E-state index contributed by atoms with van der Waals surface area (Å²) in [5.74, 6) is 1.17. The van der Waals surface area contributed by atoms with Gasteiger partial charge in [0, 0.05) is 38.7 Å². The first-order chi connectivity index (χ1) is 15.6. The van der Waals surface area contributed by atoms with E-state index in [-0.39, 0.29) is 30.6 Å². The predicted molar refractivity (Wildman–Crippen MR) is 121 cm³/mol. The number of likely N-dealkylation sites (tertiary alicyclic amines) is 1. The Hall–Kier alpha value is -2.12. The lowest BCUT2D eigenvalue weighted by molar-refractivity contribution is -0.145. The van der Waals surface area contributed by atoms with E-state index in [1.807, 2.05) is 34.1 Å². The van der Waals surface area contributed by atoms with Crippen LogP contribution in [0.25, 0.3) is 0 Å². The van der Waals surface area contributed by atoms with E-state index in [4.69, 9.17) is 14.2 Å². The van der Waals surface area contributed by atoms with Crippen molar-refractivity contribution in [3.05, 3.63) is 29.8 Å². The van der Waals surface area contributed by atoms with E-state index in [0.717, 1.165) is 69.3 Å². The molecule has 0 aliphatic carbocycles. The molecule has 1 unspecified atom stereocenters. The van der Waals surface area contributed by atoms with Crippen molar-refractivity contribution >= 4 is 11.8 Å². The molecule has 1 aromatic rings. The number of aryl methyl sites for hydroxylation is 1. The number of hydrogen-bond donors (Lipinski definition) is 0. The number of carbonyl (C=O) groups excluding carboxylic acids is 2. The Morgan fingerprint density at radius 3 is 2.16 bits per heavy atom. The first-order valence-electron chi connectivity index (χ1n) is 11.9. The van der Waals surface area contributed by atoms with Crippen LogP contribution in [0.2, 0.25) is 0 Å². The zero-order valence-electron chi connectivity index (χ0n) is 19.3. The number of carbonyl (C=O) groups is 2. The molecule has 4 rings (SSSR count). The highest BCUT2D eigenvalue weighted by Crippen LogP contribution is 2.38. The molecule has 0 radical (unpaired) electrons. The summed E-state index contributed by atoms with van der Waals surface area (Å²) in [5.41, 5.74) is 1.15. The van der Waals surface area contributed by atoms with Crippen molar-refractivity contribution in [2.75, 3.05) is 33.9 Å². The number of hydrogen-bond acceptors (Lipinski definition) is 5. The van der Waals surface area contributed by atoms with E-state index >= 15 is 0 Å². The van der Waals surface area contributed by atoms with Gasteiger partial charge in [0.15, 0.2) is 0 Å². The van der Waals surface area contributed by atoms with Crippen LogP contribution in [0.5, 0.6) is 5.75 Å². The lowest BCUT2D eigenvalue weighted by Crippen LogP contribution is -2.51. The molecule has 7 nitrogen and oxygen atoms in total. The number of benzene rings is 1. The van der Waals surface area contributed by atoms with Crippen molar-refractivity contribution in [1.82, 2.24) is 9.80 Å². The van der Waals surface area contributed by atoms with Gasteiger partial charge >= 0.3 is 0 Å².